The Morgan fingerprint density at radius 3 is 2.52 bits per heavy atom. The van der Waals surface area contributed by atoms with Gasteiger partial charge in [-0.25, -0.2) is 4.98 Å². The first-order valence-corrected chi connectivity index (χ1v) is 8.61. The molecule has 0 aliphatic rings. The summed E-state index contributed by atoms with van der Waals surface area (Å²) in [6, 6.07) is 6.86. The first kappa shape index (κ1) is 16.0. The molecule has 2 N–H and O–H groups in total. The third kappa shape index (κ3) is 2.62. The van der Waals surface area contributed by atoms with Crippen LogP contribution < -0.4 is 5.73 Å². The number of carbonyl (C=O) groups excluding carboxylic acids is 1. The highest BCUT2D eigenvalue weighted by Gasteiger charge is 2.21. The molecule has 0 aliphatic heterocycles. The summed E-state index contributed by atoms with van der Waals surface area (Å²) in [5, 5.41) is 1.52. The fourth-order valence-electron chi connectivity index (χ4n) is 2.94. The van der Waals surface area contributed by atoms with Crippen molar-refractivity contribution in [1.29, 1.82) is 0 Å². The number of nitrogen functional groups attached to an aromatic ring is 1. The molecule has 1 aromatic carbocycles. The maximum Gasteiger partial charge on any atom is 0.205 e. The molecule has 3 rings (SSSR count). The van der Waals surface area contributed by atoms with Gasteiger partial charge in [0.05, 0.1) is 5.69 Å². The lowest BCUT2D eigenvalue weighted by atomic mass is 10.0. The maximum atomic E-state index is 12.8. The Morgan fingerprint density at radius 1 is 1.26 bits per heavy atom. The maximum absolute atomic E-state index is 12.8. The number of hydrogen-bond donors (Lipinski definition) is 1. The fraction of sp³-hybridized carbons (Fsp3) is 0.222. The minimum absolute atomic E-state index is 0.0859. The van der Waals surface area contributed by atoms with E-state index in [1.54, 1.807) is 24.3 Å². The minimum Gasteiger partial charge on any atom is -0.397 e. The Labute approximate surface area is 144 Å². The summed E-state index contributed by atoms with van der Waals surface area (Å²) >= 11 is 7.25. The molecule has 5 heteroatoms. The van der Waals surface area contributed by atoms with Gasteiger partial charge in [-0.05, 0) is 55.7 Å². The van der Waals surface area contributed by atoms with Crippen molar-refractivity contribution in [3.8, 4) is 0 Å². The molecular formula is C18H17ClN2OS. The second-order valence-corrected chi connectivity index (χ2v) is 6.95. The number of carbonyl (C=O) groups is 1. The molecule has 0 bridgehead atoms. The number of ketones is 1. The number of rotatable bonds is 3. The van der Waals surface area contributed by atoms with Crippen LogP contribution in [0, 0.1) is 13.8 Å². The van der Waals surface area contributed by atoms with Crippen LogP contribution in [0.5, 0.6) is 0 Å². The van der Waals surface area contributed by atoms with Gasteiger partial charge in [0.25, 0.3) is 0 Å². The number of thiophene rings is 1. The van der Waals surface area contributed by atoms with Gasteiger partial charge in [0.15, 0.2) is 0 Å². The SMILES string of the molecule is CCc1c(C)nc2sc(C(=O)c3ccc(Cl)cc3)c(N)c2c1C. The number of anilines is 1. The minimum atomic E-state index is -0.0859. The van der Waals surface area contributed by atoms with E-state index in [4.69, 9.17) is 17.3 Å². The van der Waals surface area contributed by atoms with Crippen molar-refractivity contribution in [2.24, 2.45) is 0 Å². The molecule has 0 aliphatic carbocycles. The molecular weight excluding hydrogens is 328 g/mol. The van der Waals surface area contributed by atoms with E-state index < -0.39 is 0 Å². The molecule has 0 fully saturated rings. The van der Waals surface area contributed by atoms with Crippen LogP contribution in [0.4, 0.5) is 5.69 Å². The molecule has 0 saturated heterocycles. The largest absolute Gasteiger partial charge is 0.397 e. The highest BCUT2D eigenvalue weighted by Crippen LogP contribution is 2.38. The smallest absolute Gasteiger partial charge is 0.205 e. The zero-order valence-corrected chi connectivity index (χ0v) is 14.8. The van der Waals surface area contributed by atoms with Crippen molar-refractivity contribution in [2.45, 2.75) is 27.2 Å². The molecule has 23 heavy (non-hydrogen) atoms. The fourth-order valence-corrected chi connectivity index (χ4v) is 4.23. The van der Waals surface area contributed by atoms with E-state index in [0.29, 0.717) is 21.2 Å². The van der Waals surface area contributed by atoms with Gasteiger partial charge in [-0.1, -0.05) is 18.5 Å². The summed E-state index contributed by atoms with van der Waals surface area (Å²) in [6.45, 7) is 6.16. The first-order valence-electron chi connectivity index (χ1n) is 7.42. The van der Waals surface area contributed by atoms with Crippen molar-refractivity contribution in [2.75, 3.05) is 5.73 Å². The molecule has 3 aromatic rings. The van der Waals surface area contributed by atoms with Gasteiger partial charge in [-0.3, -0.25) is 4.79 Å². The number of nitrogens with zero attached hydrogens (tertiary/aromatic N) is 1. The molecule has 2 aromatic heterocycles. The molecule has 118 valence electrons. The van der Waals surface area contributed by atoms with Crippen LogP contribution in [-0.2, 0) is 6.42 Å². The van der Waals surface area contributed by atoms with Gasteiger partial charge < -0.3 is 5.73 Å². The highest BCUT2D eigenvalue weighted by molar-refractivity contribution is 7.21. The quantitative estimate of drug-likeness (QED) is 0.684. The summed E-state index contributed by atoms with van der Waals surface area (Å²) in [6.07, 6.45) is 0.899. The van der Waals surface area contributed by atoms with Crippen molar-refractivity contribution < 1.29 is 4.79 Å². The van der Waals surface area contributed by atoms with Crippen LogP contribution in [0.1, 0.15) is 39.0 Å². The second kappa shape index (κ2) is 5.95. The van der Waals surface area contributed by atoms with Crippen LogP contribution >= 0.6 is 22.9 Å². The van der Waals surface area contributed by atoms with E-state index in [1.165, 1.54) is 16.9 Å². The van der Waals surface area contributed by atoms with Gasteiger partial charge in [0.1, 0.15) is 9.71 Å². The monoisotopic (exact) mass is 344 g/mol. The lowest BCUT2D eigenvalue weighted by molar-refractivity contribution is 0.104. The van der Waals surface area contributed by atoms with Gasteiger partial charge in [0.2, 0.25) is 5.78 Å². The lowest BCUT2D eigenvalue weighted by Gasteiger charge is -2.08. The Morgan fingerprint density at radius 2 is 1.91 bits per heavy atom. The van der Waals surface area contributed by atoms with Crippen LogP contribution in [0.3, 0.4) is 0 Å². The van der Waals surface area contributed by atoms with E-state index >= 15 is 0 Å². The van der Waals surface area contributed by atoms with Crippen LogP contribution in [-0.4, -0.2) is 10.8 Å². The number of halogens is 1. The van der Waals surface area contributed by atoms with Crippen molar-refractivity contribution in [3.63, 3.8) is 0 Å². The van der Waals surface area contributed by atoms with Crippen molar-refractivity contribution >= 4 is 44.6 Å². The average Bonchev–Trinajstić information content (AvgIpc) is 2.84. The van der Waals surface area contributed by atoms with Crippen LogP contribution in [0.15, 0.2) is 24.3 Å². The number of benzene rings is 1. The predicted molar refractivity (Wildman–Crippen MR) is 97.8 cm³/mol. The van der Waals surface area contributed by atoms with Crippen LogP contribution in [0.2, 0.25) is 5.02 Å². The summed E-state index contributed by atoms with van der Waals surface area (Å²) in [7, 11) is 0. The number of hydrogen-bond acceptors (Lipinski definition) is 4. The third-order valence-corrected chi connectivity index (χ3v) is 5.48. The lowest BCUT2D eigenvalue weighted by Crippen LogP contribution is -2.02. The molecule has 0 spiro atoms. The number of pyridine rings is 1. The van der Waals surface area contributed by atoms with Gasteiger partial charge in [-0.15, -0.1) is 11.3 Å². The van der Waals surface area contributed by atoms with Gasteiger partial charge in [0, 0.05) is 21.7 Å². The first-order chi connectivity index (χ1) is 10.9. The van der Waals surface area contributed by atoms with E-state index in [9.17, 15) is 4.79 Å². The second-order valence-electron chi connectivity index (χ2n) is 5.52. The molecule has 0 saturated carbocycles. The standard InChI is InChI=1S/C18H17ClN2OS/c1-4-13-9(2)14-15(20)17(23-18(14)21-10(13)3)16(22)11-5-7-12(19)8-6-11/h5-8H,4,20H2,1-3H3. The Balaban J connectivity index is 2.19. The Hall–Kier alpha value is -1.91. The summed E-state index contributed by atoms with van der Waals surface area (Å²) < 4.78 is 0. The number of nitrogens with two attached hydrogens (primary N) is 1. The Kier molecular flexibility index (Phi) is 4.13. The average molecular weight is 345 g/mol. The van der Waals surface area contributed by atoms with E-state index in [-0.39, 0.29) is 5.78 Å². The van der Waals surface area contributed by atoms with E-state index in [0.717, 1.165) is 27.9 Å². The van der Waals surface area contributed by atoms with Crippen molar-refractivity contribution in [1.82, 2.24) is 4.98 Å². The number of fused-ring (bicyclic) bond motifs is 1. The molecule has 0 amide bonds. The zero-order chi connectivity index (χ0) is 16.7. The molecule has 0 radical (unpaired) electrons. The predicted octanol–water partition coefficient (Wildman–Crippen LogP) is 4.94. The topological polar surface area (TPSA) is 56.0 Å². The van der Waals surface area contributed by atoms with E-state index in [2.05, 4.69) is 18.8 Å². The molecule has 0 unspecified atom stereocenters. The number of aromatic nitrogens is 1. The van der Waals surface area contributed by atoms with Gasteiger partial charge in [-0.2, -0.15) is 0 Å². The summed E-state index contributed by atoms with van der Waals surface area (Å²) in [5.41, 5.74) is 10.7. The highest BCUT2D eigenvalue weighted by atomic mass is 35.5. The summed E-state index contributed by atoms with van der Waals surface area (Å²) in [4.78, 5) is 18.8. The normalized spacial score (nSPS) is 11.1. The summed E-state index contributed by atoms with van der Waals surface area (Å²) in [5.74, 6) is -0.0859. The number of aryl methyl sites for hydroxylation is 2. The van der Waals surface area contributed by atoms with Crippen molar-refractivity contribution in [3.05, 3.63) is 56.5 Å². The Bertz CT molecular complexity index is 913. The molecule has 3 nitrogen and oxygen atoms in total. The third-order valence-electron chi connectivity index (χ3n) is 4.13. The van der Waals surface area contributed by atoms with E-state index in [1.807, 2.05) is 6.92 Å². The molecule has 2 heterocycles. The van der Waals surface area contributed by atoms with Gasteiger partial charge >= 0.3 is 0 Å². The molecule has 0 atom stereocenters. The van der Waals surface area contributed by atoms with Crippen LogP contribution in [0.25, 0.3) is 10.2 Å². The zero-order valence-electron chi connectivity index (χ0n) is 13.2.